The van der Waals surface area contributed by atoms with Gasteiger partial charge in [-0.15, -0.1) is 12.4 Å². The Morgan fingerprint density at radius 2 is 1.93 bits per heavy atom. The van der Waals surface area contributed by atoms with Crippen molar-refractivity contribution in [2.24, 2.45) is 11.7 Å². The number of barbiturate groups is 1. The second-order valence-electron chi connectivity index (χ2n) is 6.84. The first-order valence-electron chi connectivity index (χ1n) is 8.90. The van der Waals surface area contributed by atoms with Crippen LogP contribution in [0.1, 0.15) is 30.9 Å². The molecule has 0 spiro atoms. The number of carbonyl (C=O) groups is 3. The molecule has 11 heteroatoms. The molecule has 3 atom stereocenters. The summed E-state index contributed by atoms with van der Waals surface area (Å²) in [6.07, 6.45) is -1.51. The van der Waals surface area contributed by atoms with Crippen LogP contribution in [0.2, 0.25) is 0 Å². The lowest BCUT2D eigenvalue weighted by Gasteiger charge is -2.37. The molecule has 0 saturated carbocycles. The van der Waals surface area contributed by atoms with Gasteiger partial charge in [-0.25, -0.2) is 13.6 Å². The van der Waals surface area contributed by atoms with Crippen LogP contribution in [-0.4, -0.2) is 48.2 Å². The molecule has 0 aromatic heterocycles. The van der Waals surface area contributed by atoms with Gasteiger partial charge in [0.25, 0.3) is 0 Å². The summed E-state index contributed by atoms with van der Waals surface area (Å²) in [7, 11) is 0. The van der Waals surface area contributed by atoms with Gasteiger partial charge in [0.15, 0.2) is 0 Å². The van der Waals surface area contributed by atoms with Gasteiger partial charge in [-0.2, -0.15) is 0 Å². The molecule has 1 aromatic rings. The van der Waals surface area contributed by atoms with E-state index in [2.05, 4.69) is 21.2 Å². The van der Waals surface area contributed by atoms with Gasteiger partial charge < -0.3 is 10.5 Å². The minimum absolute atomic E-state index is 0. The van der Waals surface area contributed by atoms with Crippen molar-refractivity contribution in [1.29, 1.82) is 0 Å². The number of hydrogen-bond acceptors (Lipinski definition) is 5. The highest BCUT2D eigenvalue weighted by molar-refractivity contribution is 9.10. The molecule has 2 aliphatic heterocycles. The monoisotopic (exact) mass is 495 g/mol. The van der Waals surface area contributed by atoms with E-state index < -0.39 is 54.3 Å². The van der Waals surface area contributed by atoms with Gasteiger partial charge in [0.1, 0.15) is 17.9 Å². The van der Waals surface area contributed by atoms with E-state index in [1.807, 2.05) is 0 Å². The smallest absolute Gasteiger partial charge is 0.331 e. The number of nitrogens with zero attached hydrogens (tertiary/aromatic N) is 1. The van der Waals surface area contributed by atoms with Crippen molar-refractivity contribution in [3.8, 4) is 0 Å². The number of nitrogens with two attached hydrogens (primary N) is 1. The summed E-state index contributed by atoms with van der Waals surface area (Å²) in [5.74, 6) is -3.72. The van der Waals surface area contributed by atoms with E-state index in [1.54, 1.807) is 0 Å². The van der Waals surface area contributed by atoms with Crippen LogP contribution in [0.5, 0.6) is 0 Å². The van der Waals surface area contributed by atoms with Crippen molar-refractivity contribution >= 4 is 46.2 Å². The van der Waals surface area contributed by atoms with Crippen molar-refractivity contribution in [1.82, 2.24) is 10.2 Å². The topological polar surface area (TPSA) is 102 Å². The highest BCUT2D eigenvalue weighted by Crippen LogP contribution is 2.29. The van der Waals surface area contributed by atoms with Crippen molar-refractivity contribution < 1.29 is 27.9 Å². The third-order valence-corrected chi connectivity index (χ3v) is 5.52. The number of nitrogens with one attached hydrogen (secondary N) is 1. The molecule has 4 amide bonds. The molecule has 0 aliphatic carbocycles. The van der Waals surface area contributed by atoms with E-state index in [1.165, 1.54) is 12.1 Å². The van der Waals surface area contributed by atoms with Crippen LogP contribution >= 0.6 is 28.3 Å². The number of benzene rings is 1. The van der Waals surface area contributed by atoms with E-state index in [4.69, 9.17) is 10.5 Å². The summed E-state index contributed by atoms with van der Waals surface area (Å²) >= 11 is 3.11. The average molecular weight is 497 g/mol. The van der Waals surface area contributed by atoms with E-state index in [-0.39, 0.29) is 18.0 Å². The van der Waals surface area contributed by atoms with Crippen LogP contribution in [-0.2, 0) is 14.3 Å². The number of rotatable bonds is 5. The normalized spacial score (nSPS) is 22.7. The Morgan fingerprint density at radius 1 is 1.28 bits per heavy atom. The summed E-state index contributed by atoms with van der Waals surface area (Å²) in [5.41, 5.74) is 5.77. The third kappa shape index (κ3) is 5.11. The fourth-order valence-corrected chi connectivity index (χ4v) is 3.80. The lowest BCUT2D eigenvalue weighted by molar-refractivity contribution is -0.146. The molecular weight excluding hydrogens is 476 g/mol. The quantitative estimate of drug-likeness (QED) is 0.610. The van der Waals surface area contributed by atoms with E-state index in [0.29, 0.717) is 30.5 Å². The van der Waals surface area contributed by atoms with Gasteiger partial charge in [-0.3, -0.25) is 19.8 Å². The summed E-state index contributed by atoms with van der Waals surface area (Å²) in [6, 6.07) is 1.45. The van der Waals surface area contributed by atoms with Crippen LogP contribution in [0.25, 0.3) is 0 Å². The molecule has 3 unspecified atom stereocenters. The summed E-state index contributed by atoms with van der Waals surface area (Å²) < 4.78 is 34.6. The van der Waals surface area contributed by atoms with Crippen LogP contribution in [0.15, 0.2) is 22.7 Å². The molecule has 160 valence electrons. The van der Waals surface area contributed by atoms with Crippen molar-refractivity contribution in [2.75, 3.05) is 13.2 Å². The predicted octanol–water partition coefficient (Wildman–Crippen LogP) is 2.61. The number of alkyl halides is 1. The number of urea groups is 1. The van der Waals surface area contributed by atoms with E-state index in [0.717, 1.165) is 11.0 Å². The van der Waals surface area contributed by atoms with Crippen molar-refractivity contribution in [3.63, 3.8) is 0 Å². The maximum absolute atomic E-state index is 14.8. The molecule has 7 nitrogen and oxygen atoms in total. The maximum atomic E-state index is 14.8. The van der Waals surface area contributed by atoms with Crippen LogP contribution < -0.4 is 11.1 Å². The molecule has 3 rings (SSSR count). The molecule has 2 aliphatic rings. The first-order valence-corrected chi connectivity index (χ1v) is 9.69. The molecule has 29 heavy (non-hydrogen) atoms. The first kappa shape index (κ1) is 23.7. The zero-order valence-corrected chi connectivity index (χ0v) is 17.7. The fourth-order valence-electron chi connectivity index (χ4n) is 3.47. The van der Waals surface area contributed by atoms with Gasteiger partial charge >= 0.3 is 6.03 Å². The molecular formula is C18H21BrClF2N3O4. The van der Waals surface area contributed by atoms with Crippen LogP contribution in [0.4, 0.5) is 13.6 Å². The highest BCUT2D eigenvalue weighted by Gasteiger charge is 2.45. The fraction of sp³-hybridized carbons (Fsp3) is 0.500. The Morgan fingerprint density at radius 3 is 2.55 bits per heavy atom. The number of halogens is 4. The van der Waals surface area contributed by atoms with Crippen molar-refractivity contribution in [3.05, 3.63) is 34.1 Å². The number of hydrogen-bond donors (Lipinski definition) is 2. The lowest BCUT2D eigenvalue weighted by Crippen LogP contribution is -2.62. The largest absolute Gasteiger partial charge is 0.381 e. The Hall–Kier alpha value is -1.62. The third-order valence-electron chi connectivity index (χ3n) is 5.03. The van der Waals surface area contributed by atoms with Gasteiger partial charge in [-0.05, 0) is 25.0 Å². The molecule has 2 heterocycles. The van der Waals surface area contributed by atoms with Gasteiger partial charge in [0.2, 0.25) is 11.8 Å². The molecule has 2 fully saturated rings. The van der Waals surface area contributed by atoms with Crippen LogP contribution in [0.3, 0.4) is 0 Å². The number of ether oxygens (including phenoxy) is 1. The minimum Gasteiger partial charge on any atom is -0.381 e. The molecule has 0 bridgehead atoms. The Kier molecular flexibility index (Phi) is 8.10. The van der Waals surface area contributed by atoms with Crippen LogP contribution in [0, 0.1) is 11.7 Å². The van der Waals surface area contributed by atoms with E-state index in [9.17, 15) is 23.2 Å². The first-order chi connectivity index (χ1) is 13.3. The minimum atomic E-state index is -1.86. The number of imide groups is 2. The van der Waals surface area contributed by atoms with E-state index >= 15 is 0 Å². The Labute approximate surface area is 180 Å². The number of amides is 4. The second-order valence-corrected chi connectivity index (χ2v) is 7.76. The molecule has 2 saturated heterocycles. The van der Waals surface area contributed by atoms with Crippen molar-refractivity contribution in [2.45, 2.75) is 37.5 Å². The second kappa shape index (κ2) is 9.92. The summed E-state index contributed by atoms with van der Waals surface area (Å²) in [4.78, 5) is 38.0. The maximum Gasteiger partial charge on any atom is 0.331 e. The average Bonchev–Trinajstić information content (AvgIpc) is 2.65. The SMILES string of the molecule is Cl.NC(c1ccc(Br)cc1F)C(F)CC1C(=O)NC(=O)N(C2CCOCC2)C1=O. The molecule has 1 aromatic carbocycles. The molecule has 0 radical (unpaired) electrons. The van der Waals surface area contributed by atoms with Gasteiger partial charge in [-0.1, -0.05) is 22.0 Å². The lowest BCUT2D eigenvalue weighted by atomic mass is 9.91. The Bertz CT molecular complexity index is 794. The standard InChI is InChI=1S/C18H20BrF2N3O4.ClH/c19-9-1-2-11(13(20)7-9)15(22)14(21)8-12-16(25)23-18(27)24(17(12)26)10-3-5-28-6-4-10;/h1-2,7,10,12,14-15H,3-6,8,22H2,(H,23,25,27);1H. The predicted molar refractivity (Wildman–Crippen MR) is 106 cm³/mol. The summed E-state index contributed by atoms with van der Waals surface area (Å²) in [5, 5.41) is 2.11. The Balaban J connectivity index is 0.00000300. The zero-order valence-electron chi connectivity index (χ0n) is 15.3. The highest BCUT2D eigenvalue weighted by atomic mass is 79.9. The zero-order chi connectivity index (χ0) is 20.4. The summed E-state index contributed by atoms with van der Waals surface area (Å²) in [6.45, 7) is 0.777. The van der Waals surface area contributed by atoms with Gasteiger partial charge in [0, 0.05) is 35.7 Å². The van der Waals surface area contributed by atoms with Gasteiger partial charge in [0.05, 0.1) is 6.04 Å². The molecule has 3 N–H and O–H groups in total. The number of carbonyl (C=O) groups excluding carboxylic acids is 3.